The van der Waals surface area contributed by atoms with Gasteiger partial charge in [-0.3, -0.25) is 9.97 Å². The van der Waals surface area contributed by atoms with Gasteiger partial charge in [0.25, 0.3) is 0 Å². The van der Waals surface area contributed by atoms with Crippen LogP contribution in [0.5, 0.6) is 0 Å². The van der Waals surface area contributed by atoms with Crippen LogP contribution in [0.3, 0.4) is 0 Å². The van der Waals surface area contributed by atoms with Crippen LogP contribution >= 0.6 is 0 Å². The van der Waals surface area contributed by atoms with E-state index < -0.39 is 0 Å². The molecule has 0 fully saturated rings. The smallest absolute Gasteiger partial charge is 0.164 e. The summed E-state index contributed by atoms with van der Waals surface area (Å²) in [4.78, 5) is 23.5. The molecule has 0 aliphatic heterocycles. The Morgan fingerprint density at radius 2 is 0.917 bits per heavy atom. The van der Waals surface area contributed by atoms with E-state index in [2.05, 4.69) is 28.2 Å². The molecule has 0 saturated heterocycles. The van der Waals surface area contributed by atoms with Crippen LogP contribution in [0.4, 0.5) is 0 Å². The van der Waals surface area contributed by atoms with Crippen molar-refractivity contribution in [3.05, 3.63) is 128 Å². The molecule has 3 aromatic heterocycles. The highest BCUT2D eigenvalue weighted by Gasteiger charge is 2.13. The van der Waals surface area contributed by atoms with Gasteiger partial charge in [0.1, 0.15) is 0 Å². The lowest BCUT2D eigenvalue weighted by molar-refractivity contribution is 1.07. The molecule has 6 aromatic rings. The maximum atomic E-state index is 4.84. The quantitative estimate of drug-likeness (QED) is 0.275. The Labute approximate surface area is 209 Å². The Hall–Kier alpha value is -5.03. The van der Waals surface area contributed by atoms with Crippen LogP contribution in [0.25, 0.3) is 56.7 Å². The summed E-state index contributed by atoms with van der Waals surface area (Å²) in [6.07, 6.45) is 3.65. The van der Waals surface area contributed by atoms with Gasteiger partial charge in [-0.25, -0.2) is 15.0 Å². The van der Waals surface area contributed by atoms with Crippen molar-refractivity contribution in [3.63, 3.8) is 0 Å². The molecular weight excluding hydrogens is 442 g/mol. The number of hydrogen-bond donors (Lipinski definition) is 0. The van der Waals surface area contributed by atoms with Gasteiger partial charge in [-0.15, -0.1) is 0 Å². The molecule has 36 heavy (non-hydrogen) atoms. The summed E-state index contributed by atoms with van der Waals surface area (Å²) in [6, 6.07) is 38.1. The van der Waals surface area contributed by atoms with Gasteiger partial charge in [0.05, 0.1) is 11.4 Å². The van der Waals surface area contributed by atoms with Gasteiger partial charge in [-0.1, -0.05) is 91.0 Å². The first-order valence-corrected chi connectivity index (χ1v) is 11.7. The van der Waals surface area contributed by atoms with Crippen LogP contribution in [0.15, 0.2) is 128 Å². The minimum atomic E-state index is 0.627. The maximum Gasteiger partial charge on any atom is 0.164 e. The van der Waals surface area contributed by atoms with E-state index >= 15 is 0 Å². The van der Waals surface area contributed by atoms with Crippen LogP contribution in [0, 0.1) is 0 Å². The molecule has 0 atom stereocenters. The normalized spacial score (nSPS) is 10.8. The molecule has 3 heterocycles. The Kier molecular flexibility index (Phi) is 5.78. The van der Waals surface area contributed by atoms with Gasteiger partial charge in [0.15, 0.2) is 17.5 Å². The van der Waals surface area contributed by atoms with Gasteiger partial charge in [0, 0.05) is 34.6 Å². The first-order valence-electron chi connectivity index (χ1n) is 11.7. The van der Waals surface area contributed by atoms with Gasteiger partial charge < -0.3 is 0 Å². The highest BCUT2D eigenvalue weighted by Crippen LogP contribution is 2.28. The molecule has 5 heteroatoms. The lowest BCUT2D eigenvalue weighted by Gasteiger charge is -2.10. The van der Waals surface area contributed by atoms with E-state index in [9.17, 15) is 0 Å². The number of aromatic nitrogens is 5. The molecule has 0 radical (unpaired) electrons. The second-order valence-corrected chi connectivity index (χ2v) is 8.27. The van der Waals surface area contributed by atoms with Crippen LogP contribution in [-0.2, 0) is 0 Å². The summed E-state index contributed by atoms with van der Waals surface area (Å²) >= 11 is 0. The summed E-state index contributed by atoms with van der Waals surface area (Å²) in [7, 11) is 0. The molecule has 0 aliphatic carbocycles. The molecule has 0 bridgehead atoms. The zero-order chi connectivity index (χ0) is 24.2. The molecule has 6 rings (SSSR count). The second kappa shape index (κ2) is 9.68. The van der Waals surface area contributed by atoms with Crippen molar-refractivity contribution in [2.45, 2.75) is 0 Å². The lowest BCUT2D eigenvalue weighted by atomic mass is 10.0. The predicted molar refractivity (Wildman–Crippen MR) is 143 cm³/mol. The van der Waals surface area contributed by atoms with E-state index in [-0.39, 0.29) is 0 Å². The number of benzene rings is 3. The fraction of sp³-hybridized carbons (Fsp3) is 0. The first-order chi connectivity index (χ1) is 17.8. The van der Waals surface area contributed by atoms with Crippen molar-refractivity contribution in [2.24, 2.45) is 0 Å². The molecule has 3 aromatic carbocycles. The Morgan fingerprint density at radius 1 is 0.361 bits per heavy atom. The third-order valence-corrected chi connectivity index (χ3v) is 5.84. The molecule has 0 spiro atoms. The van der Waals surface area contributed by atoms with E-state index in [1.54, 1.807) is 6.20 Å². The van der Waals surface area contributed by atoms with Crippen molar-refractivity contribution < 1.29 is 0 Å². The Morgan fingerprint density at radius 3 is 1.50 bits per heavy atom. The fourth-order valence-corrected chi connectivity index (χ4v) is 4.01. The lowest BCUT2D eigenvalue weighted by Crippen LogP contribution is -2.00. The zero-order valence-electron chi connectivity index (χ0n) is 19.4. The van der Waals surface area contributed by atoms with Crippen LogP contribution in [-0.4, -0.2) is 24.9 Å². The Balaban J connectivity index is 1.41. The largest absolute Gasteiger partial charge is 0.255 e. The molecule has 0 unspecified atom stereocenters. The summed E-state index contributed by atoms with van der Waals surface area (Å²) in [5.41, 5.74) is 6.55. The van der Waals surface area contributed by atoms with Gasteiger partial charge in [0.2, 0.25) is 0 Å². The Bertz CT molecular complexity index is 1540. The molecule has 0 saturated carbocycles. The topological polar surface area (TPSA) is 64.5 Å². The molecule has 0 amide bonds. The zero-order valence-corrected chi connectivity index (χ0v) is 19.4. The monoisotopic (exact) mass is 463 g/mol. The van der Waals surface area contributed by atoms with Crippen molar-refractivity contribution in [1.82, 2.24) is 24.9 Å². The minimum Gasteiger partial charge on any atom is -0.255 e. The van der Waals surface area contributed by atoms with Crippen molar-refractivity contribution in [1.29, 1.82) is 0 Å². The van der Waals surface area contributed by atoms with Gasteiger partial charge in [-0.05, 0) is 29.8 Å². The van der Waals surface area contributed by atoms with Crippen LogP contribution in [0.1, 0.15) is 0 Å². The van der Waals surface area contributed by atoms with Crippen molar-refractivity contribution in [3.8, 4) is 56.7 Å². The number of hydrogen-bond acceptors (Lipinski definition) is 5. The van der Waals surface area contributed by atoms with E-state index in [1.165, 1.54) is 0 Å². The summed E-state index contributed by atoms with van der Waals surface area (Å²) in [5, 5.41) is 0. The summed E-state index contributed by atoms with van der Waals surface area (Å²) in [5.74, 6) is 1.92. The highest BCUT2D eigenvalue weighted by molar-refractivity contribution is 5.73. The first kappa shape index (κ1) is 21.5. The number of rotatable bonds is 5. The summed E-state index contributed by atoms with van der Waals surface area (Å²) < 4.78 is 0. The second-order valence-electron chi connectivity index (χ2n) is 8.27. The minimum absolute atomic E-state index is 0.627. The average molecular weight is 464 g/mol. The molecule has 5 nitrogen and oxygen atoms in total. The fourth-order valence-electron chi connectivity index (χ4n) is 4.01. The van der Waals surface area contributed by atoms with Crippen molar-refractivity contribution >= 4 is 0 Å². The van der Waals surface area contributed by atoms with E-state index in [1.807, 2.05) is 103 Å². The predicted octanol–water partition coefficient (Wildman–Crippen LogP) is 7.00. The third-order valence-electron chi connectivity index (χ3n) is 5.84. The van der Waals surface area contributed by atoms with Crippen LogP contribution in [0.2, 0.25) is 0 Å². The number of pyridine rings is 2. The van der Waals surface area contributed by atoms with Gasteiger partial charge in [-0.2, -0.15) is 0 Å². The van der Waals surface area contributed by atoms with E-state index in [0.29, 0.717) is 17.5 Å². The average Bonchev–Trinajstić information content (AvgIpc) is 2.98. The van der Waals surface area contributed by atoms with Gasteiger partial charge >= 0.3 is 0 Å². The molecule has 170 valence electrons. The molecule has 0 aliphatic rings. The van der Waals surface area contributed by atoms with E-state index in [4.69, 9.17) is 15.0 Å². The molecule has 0 N–H and O–H groups in total. The van der Waals surface area contributed by atoms with Crippen LogP contribution < -0.4 is 0 Å². The summed E-state index contributed by atoms with van der Waals surface area (Å²) in [6.45, 7) is 0. The standard InChI is InChI=1S/C31H21N5/c1-3-10-22(11-4-1)29-34-30(23-12-5-2-6-13-23)36-31(35-29)25-15-9-14-24(20-25)26-17-18-28(33-21-26)27-16-7-8-19-32-27/h1-21H. The maximum absolute atomic E-state index is 4.84. The highest BCUT2D eigenvalue weighted by atomic mass is 15.0. The van der Waals surface area contributed by atoms with Crippen molar-refractivity contribution in [2.75, 3.05) is 0 Å². The third kappa shape index (κ3) is 4.50. The SMILES string of the molecule is c1ccc(-c2nc(-c3ccccc3)nc(-c3cccc(-c4ccc(-c5ccccn5)nc4)c3)n2)cc1. The number of nitrogens with zero attached hydrogens (tertiary/aromatic N) is 5. The van der Waals surface area contributed by atoms with E-state index in [0.717, 1.165) is 39.2 Å². The molecular formula is C31H21N5.